The van der Waals surface area contributed by atoms with Gasteiger partial charge in [-0.1, -0.05) is 29.8 Å². The lowest BCUT2D eigenvalue weighted by molar-refractivity contribution is -0.118. The Morgan fingerprint density at radius 3 is 2.76 bits per heavy atom. The normalized spacial score (nSPS) is 16.7. The summed E-state index contributed by atoms with van der Waals surface area (Å²) in [6, 6.07) is 13.3. The molecule has 0 fully saturated rings. The number of amides is 2. The van der Waals surface area contributed by atoms with Gasteiger partial charge in [0, 0.05) is 18.2 Å². The van der Waals surface area contributed by atoms with E-state index >= 15 is 0 Å². The maximum atomic E-state index is 12.9. The Morgan fingerprint density at radius 1 is 1.24 bits per heavy atom. The Labute approximate surface area is 148 Å². The fraction of sp³-hybridized carbons (Fsp3) is 0.300. The largest absolute Gasteiger partial charge is 0.376 e. The predicted molar refractivity (Wildman–Crippen MR) is 101 cm³/mol. The minimum atomic E-state index is -0.197. The zero-order valence-corrected chi connectivity index (χ0v) is 14.8. The first-order chi connectivity index (χ1) is 12.0. The number of rotatable bonds is 3. The molecule has 1 aliphatic rings. The smallest absolute Gasteiger partial charge is 0.246 e. The van der Waals surface area contributed by atoms with Gasteiger partial charge in [0.05, 0.1) is 17.9 Å². The molecule has 2 aromatic rings. The molecule has 0 radical (unpaired) electrons. The van der Waals surface area contributed by atoms with E-state index in [0.717, 1.165) is 16.9 Å². The molecule has 3 rings (SSSR count). The van der Waals surface area contributed by atoms with Crippen LogP contribution in [0.2, 0.25) is 0 Å². The van der Waals surface area contributed by atoms with Crippen molar-refractivity contribution in [2.75, 3.05) is 22.1 Å². The Morgan fingerprint density at radius 2 is 2.00 bits per heavy atom. The summed E-state index contributed by atoms with van der Waals surface area (Å²) >= 11 is 0. The molecular weight excluding hydrogens is 314 g/mol. The first-order valence-electron chi connectivity index (χ1n) is 8.48. The number of carbonyl (C=O) groups excluding carboxylic acids is 2. The van der Waals surface area contributed by atoms with Gasteiger partial charge in [0.1, 0.15) is 0 Å². The van der Waals surface area contributed by atoms with Gasteiger partial charge in [0.25, 0.3) is 0 Å². The van der Waals surface area contributed by atoms with E-state index in [2.05, 4.69) is 16.7 Å². The number of benzene rings is 2. The van der Waals surface area contributed by atoms with Crippen LogP contribution in [0.1, 0.15) is 24.5 Å². The Bertz CT molecular complexity index is 816. The number of anilines is 3. The standard InChI is InChI=1S/C20H23N3O2/c1-13-8-9-16(14(2)10-13)21-12-20(25)23-15(3)11-19(24)22-17-6-4-5-7-18(17)23/h4-10,15,21H,11-12H2,1-3H3,(H,22,24). The average molecular weight is 337 g/mol. The Hall–Kier alpha value is -2.82. The highest BCUT2D eigenvalue weighted by Gasteiger charge is 2.29. The first-order valence-corrected chi connectivity index (χ1v) is 8.48. The topological polar surface area (TPSA) is 61.4 Å². The van der Waals surface area contributed by atoms with Gasteiger partial charge in [-0.15, -0.1) is 0 Å². The van der Waals surface area contributed by atoms with Crippen molar-refractivity contribution >= 4 is 28.9 Å². The summed E-state index contributed by atoms with van der Waals surface area (Å²) < 4.78 is 0. The van der Waals surface area contributed by atoms with Gasteiger partial charge in [0.2, 0.25) is 11.8 Å². The molecule has 0 spiro atoms. The maximum Gasteiger partial charge on any atom is 0.246 e. The summed E-state index contributed by atoms with van der Waals surface area (Å²) in [4.78, 5) is 26.6. The van der Waals surface area contributed by atoms with Crippen LogP contribution in [0.3, 0.4) is 0 Å². The molecule has 1 heterocycles. The van der Waals surface area contributed by atoms with Gasteiger partial charge in [-0.2, -0.15) is 0 Å². The average Bonchev–Trinajstić information content (AvgIpc) is 2.68. The van der Waals surface area contributed by atoms with Gasteiger partial charge in [0.15, 0.2) is 0 Å². The quantitative estimate of drug-likeness (QED) is 0.901. The molecule has 1 atom stereocenters. The van der Waals surface area contributed by atoms with Gasteiger partial charge in [-0.05, 0) is 44.5 Å². The van der Waals surface area contributed by atoms with Gasteiger partial charge >= 0.3 is 0 Å². The van der Waals surface area contributed by atoms with Crippen LogP contribution in [-0.2, 0) is 9.59 Å². The lowest BCUT2D eigenvalue weighted by Crippen LogP contribution is -2.42. The minimum Gasteiger partial charge on any atom is -0.376 e. The fourth-order valence-electron chi connectivity index (χ4n) is 3.24. The van der Waals surface area contributed by atoms with Crippen LogP contribution in [0.15, 0.2) is 42.5 Å². The van der Waals surface area contributed by atoms with E-state index in [0.29, 0.717) is 5.69 Å². The van der Waals surface area contributed by atoms with Crippen LogP contribution in [0.5, 0.6) is 0 Å². The van der Waals surface area contributed by atoms with Crippen LogP contribution in [0, 0.1) is 13.8 Å². The van der Waals surface area contributed by atoms with Crippen LogP contribution in [0.4, 0.5) is 17.1 Å². The van der Waals surface area contributed by atoms with E-state index in [-0.39, 0.29) is 30.8 Å². The zero-order valence-electron chi connectivity index (χ0n) is 14.8. The first kappa shape index (κ1) is 17.0. The second-order valence-electron chi connectivity index (χ2n) is 6.55. The van der Waals surface area contributed by atoms with Gasteiger partial charge in [-0.3, -0.25) is 9.59 Å². The highest BCUT2D eigenvalue weighted by atomic mass is 16.2. The molecule has 0 aromatic heterocycles. The summed E-state index contributed by atoms with van der Waals surface area (Å²) in [6.07, 6.45) is 0.282. The second kappa shape index (κ2) is 6.97. The van der Waals surface area contributed by atoms with Gasteiger partial charge < -0.3 is 15.5 Å². The highest BCUT2D eigenvalue weighted by Crippen LogP contribution is 2.31. The monoisotopic (exact) mass is 337 g/mol. The number of aryl methyl sites for hydroxylation is 2. The Balaban J connectivity index is 1.81. The highest BCUT2D eigenvalue weighted by molar-refractivity contribution is 6.05. The number of para-hydroxylation sites is 2. The van der Waals surface area contributed by atoms with Crippen molar-refractivity contribution in [1.29, 1.82) is 0 Å². The molecule has 130 valence electrons. The van der Waals surface area contributed by atoms with Crippen molar-refractivity contribution in [2.24, 2.45) is 0 Å². The number of hydrogen-bond donors (Lipinski definition) is 2. The SMILES string of the molecule is Cc1ccc(NCC(=O)N2c3ccccc3NC(=O)CC2C)c(C)c1. The lowest BCUT2D eigenvalue weighted by atomic mass is 10.1. The molecule has 0 bridgehead atoms. The maximum absolute atomic E-state index is 12.9. The lowest BCUT2D eigenvalue weighted by Gasteiger charge is -2.28. The molecular formula is C20H23N3O2. The number of carbonyl (C=O) groups is 2. The third-order valence-corrected chi connectivity index (χ3v) is 4.44. The molecule has 2 N–H and O–H groups in total. The molecule has 2 aromatic carbocycles. The number of nitrogens with zero attached hydrogens (tertiary/aromatic N) is 1. The van der Waals surface area contributed by atoms with E-state index in [1.54, 1.807) is 4.90 Å². The second-order valence-corrected chi connectivity index (χ2v) is 6.55. The molecule has 5 nitrogen and oxygen atoms in total. The third kappa shape index (κ3) is 3.65. The molecule has 5 heteroatoms. The Kier molecular flexibility index (Phi) is 4.74. The summed E-state index contributed by atoms with van der Waals surface area (Å²) in [6.45, 7) is 6.14. The third-order valence-electron chi connectivity index (χ3n) is 4.44. The fourth-order valence-corrected chi connectivity index (χ4v) is 3.24. The molecule has 0 saturated carbocycles. The summed E-state index contributed by atoms with van der Waals surface area (Å²) in [5.74, 6) is -0.131. The van der Waals surface area contributed by atoms with Crippen LogP contribution in [0.25, 0.3) is 0 Å². The van der Waals surface area contributed by atoms with Crippen molar-refractivity contribution in [1.82, 2.24) is 0 Å². The van der Waals surface area contributed by atoms with Crippen LogP contribution >= 0.6 is 0 Å². The van der Waals surface area contributed by atoms with E-state index in [1.165, 1.54) is 5.56 Å². The molecule has 1 unspecified atom stereocenters. The van der Waals surface area contributed by atoms with E-state index < -0.39 is 0 Å². The summed E-state index contributed by atoms with van der Waals surface area (Å²) in [5.41, 5.74) is 4.66. The number of hydrogen-bond acceptors (Lipinski definition) is 3. The van der Waals surface area contributed by atoms with Crippen molar-refractivity contribution in [3.63, 3.8) is 0 Å². The van der Waals surface area contributed by atoms with Crippen molar-refractivity contribution < 1.29 is 9.59 Å². The van der Waals surface area contributed by atoms with Crippen molar-refractivity contribution in [2.45, 2.75) is 33.2 Å². The molecule has 0 saturated heterocycles. The molecule has 2 amide bonds. The van der Waals surface area contributed by atoms with Crippen molar-refractivity contribution in [3.05, 3.63) is 53.6 Å². The summed E-state index contributed by atoms with van der Waals surface area (Å²) in [5, 5.41) is 6.10. The summed E-state index contributed by atoms with van der Waals surface area (Å²) in [7, 11) is 0. The number of nitrogens with one attached hydrogen (secondary N) is 2. The number of fused-ring (bicyclic) bond motifs is 1. The van der Waals surface area contributed by atoms with Gasteiger partial charge in [-0.25, -0.2) is 0 Å². The molecule has 25 heavy (non-hydrogen) atoms. The van der Waals surface area contributed by atoms with Crippen LogP contribution in [-0.4, -0.2) is 24.4 Å². The molecule has 1 aliphatic heterocycles. The van der Waals surface area contributed by atoms with Crippen LogP contribution < -0.4 is 15.5 Å². The zero-order chi connectivity index (χ0) is 18.0. The molecule has 0 aliphatic carbocycles. The van der Waals surface area contributed by atoms with E-state index in [9.17, 15) is 9.59 Å². The van der Waals surface area contributed by atoms with E-state index in [4.69, 9.17) is 0 Å². The van der Waals surface area contributed by atoms with E-state index in [1.807, 2.05) is 57.2 Å². The predicted octanol–water partition coefficient (Wildman–Crippen LogP) is 3.48. The minimum absolute atomic E-state index is 0.0589. The van der Waals surface area contributed by atoms with Crippen molar-refractivity contribution in [3.8, 4) is 0 Å².